The largest absolute Gasteiger partial charge is 0.362 e. The van der Waals surface area contributed by atoms with Crippen LogP contribution in [-0.2, 0) is 4.79 Å². The van der Waals surface area contributed by atoms with Crippen LogP contribution < -0.4 is 16.0 Å². The summed E-state index contributed by atoms with van der Waals surface area (Å²) in [6.45, 7) is 2.00. The van der Waals surface area contributed by atoms with E-state index in [1.54, 1.807) is 12.1 Å². The summed E-state index contributed by atoms with van der Waals surface area (Å²) in [5.41, 5.74) is 7.16. The third-order valence-electron chi connectivity index (χ3n) is 5.53. The fourth-order valence-corrected chi connectivity index (χ4v) is 3.79. The molecule has 0 saturated heterocycles. The van der Waals surface area contributed by atoms with Crippen LogP contribution in [0, 0.1) is 6.92 Å². The molecule has 0 aliphatic carbocycles. The van der Waals surface area contributed by atoms with E-state index in [0.717, 1.165) is 33.9 Å². The Balaban J connectivity index is 1.37. The first kappa shape index (κ1) is 20.3. The van der Waals surface area contributed by atoms with Crippen LogP contribution in [0.3, 0.4) is 0 Å². The Morgan fingerprint density at radius 2 is 1.73 bits per heavy atom. The van der Waals surface area contributed by atoms with E-state index in [2.05, 4.69) is 20.9 Å². The van der Waals surface area contributed by atoms with Gasteiger partial charge in [0.2, 0.25) is 0 Å². The first-order valence-corrected chi connectivity index (χ1v) is 10.6. The molecule has 1 aliphatic heterocycles. The molecule has 0 radical (unpaired) electrons. The highest BCUT2D eigenvalue weighted by molar-refractivity contribution is 6.35. The summed E-state index contributed by atoms with van der Waals surface area (Å²) in [4.78, 5) is 28.1. The summed E-state index contributed by atoms with van der Waals surface area (Å²) in [5.74, 6) is -0.286. The van der Waals surface area contributed by atoms with Crippen molar-refractivity contribution in [3.8, 4) is 0 Å². The molecule has 5 rings (SSSR count). The van der Waals surface area contributed by atoms with Gasteiger partial charge in [0.15, 0.2) is 0 Å². The Morgan fingerprint density at radius 3 is 2.52 bits per heavy atom. The van der Waals surface area contributed by atoms with Crippen LogP contribution in [-0.4, -0.2) is 16.8 Å². The minimum absolute atomic E-state index is 0.126. The fourth-order valence-electron chi connectivity index (χ4n) is 3.79. The SMILES string of the molecule is Cc1ccc(NC(=O)c2ccccc2)cc1Nc1ccc2c(c1)NC(=O)C2=Cc1ccc[nH]1. The predicted molar refractivity (Wildman–Crippen MR) is 133 cm³/mol. The van der Waals surface area contributed by atoms with Crippen molar-refractivity contribution in [2.24, 2.45) is 0 Å². The molecule has 0 unspecified atom stereocenters. The number of amides is 2. The summed E-state index contributed by atoms with van der Waals surface area (Å²) in [7, 11) is 0. The Hall–Kier alpha value is -4.58. The molecule has 4 aromatic rings. The molecule has 6 heteroatoms. The molecule has 162 valence electrons. The first-order chi connectivity index (χ1) is 16.1. The summed E-state index contributed by atoms with van der Waals surface area (Å²) in [5, 5.41) is 9.28. The molecule has 2 amide bonds. The van der Waals surface area contributed by atoms with Crippen LogP contribution >= 0.6 is 0 Å². The highest BCUT2D eigenvalue weighted by Crippen LogP contribution is 2.36. The van der Waals surface area contributed by atoms with E-state index in [1.165, 1.54) is 0 Å². The molecule has 3 aromatic carbocycles. The topological polar surface area (TPSA) is 86.0 Å². The van der Waals surface area contributed by atoms with Crippen LogP contribution in [0.15, 0.2) is 85.1 Å². The minimum Gasteiger partial charge on any atom is -0.362 e. The Labute approximate surface area is 191 Å². The molecule has 0 spiro atoms. The predicted octanol–water partition coefficient (Wildman–Crippen LogP) is 5.81. The number of anilines is 4. The number of hydrogen-bond donors (Lipinski definition) is 4. The maximum absolute atomic E-state index is 12.5. The number of rotatable bonds is 5. The highest BCUT2D eigenvalue weighted by Gasteiger charge is 2.24. The second kappa shape index (κ2) is 8.51. The van der Waals surface area contributed by atoms with Gasteiger partial charge in [-0.1, -0.05) is 30.3 Å². The van der Waals surface area contributed by atoms with Gasteiger partial charge in [0, 0.05) is 40.1 Å². The second-order valence-corrected chi connectivity index (χ2v) is 7.87. The van der Waals surface area contributed by atoms with E-state index in [0.29, 0.717) is 16.8 Å². The van der Waals surface area contributed by atoms with Crippen molar-refractivity contribution in [3.05, 3.63) is 107 Å². The molecule has 2 heterocycles. The van der Waals surface area contributed by atoms with Gasteiger partial charge in [0.05, 0.1) is 11.3 Å². The number of aromatic amines is 1. The van der Waals surface area contributed by atoms with E-state index in [9.17, 15) is 9.59 Å². The Morgan fingerprint density at radius 1 is 0.909 bits per heavy atom. The van der Waals surface area contributed by atoms with E-state index >= 15 is 0 Å². The number of aromatic nitrogens is 1. The molecule has 4 N–H and O–H groups in total. The zero-order valence-corrected chi connectivity index (χ0v) is 18.0. The number of fused-ring (bicyclic) bond motifs is 1. The number of carbonyl (C=O) groups excluding carboxylic acids is 2. The van der Waals surface area contributed by atoms with Gasteiger partial charge in [0.1, 0.15) is 0 Å². The minimum atomic E-state index is -0.160. The lowest BCUT2D eigenvalue weighted by atomic mass is 10.1. The van der Waals surface area contributed by atoms with Crippen LogP contribution in [0.5, 0.6) is 0 Å². The van der Waals surface area contributed by atoms with Gasteiger partial charge < -0.3 is 20.9 Å². The molecule has 0 fully saturated rings. The number of carbonyl (C=O) groups is 2. The highest BCUT2D eigenvalue weighted by atomic mass is 16.2. The van der Waals surface area contributed by atoms with Gasteiger partial charge >= 0.3 is 0 Å². The van der Waals surface area contributed by atoms with Gasteiger partial charge in [-0.25, -0.2) is 0 Å². The van der Waals surface area contributed by atoms with Gasteiger partial charge in [-0.3, -0.25) is 9.59 Å². The lowest BCUT2D eigenvalue weighted by molar-refractivity contribution is -0.110. The average molecular weight is 434 g/mol. The summed E-state index contributed by atoms with van der Waals surface area (Å²) in [6.07, 6.45) is 3.67. The van der Waals surface area contributed by atoms with E-state index < -0.39 is 0 Å². The molecule has 0 saturated carbocycles. The first-order valence-electron chi connectivity index (χ1n) is 10.6. The molecular weight excluding hydrogens is 412 g/mol. The van der Waals surface area contributed by atoms with Crippen molar-refractivity contribution in [3.63, 3.8) is 0 Å². The van der Waals surface area contributed by atoms with Crippen molar-refractivity contribution in [1.82, 2.24) is 4.98 Å². The van der Waals surface area contributed by atoms with Crippen LogP contribution in [0.25, 0.3) is 11.6 Å². The maximum Gasteiger partial charge on any atom is 0.256 e. The Bertz CT molecular complexity index is 1370. The molecule has 0 atom stereocenters. The number of H-pyrrole nitrogens is 1. The van der Waals surface area contributed by atoms with Gasteiger partial charge in [-0.15, -0.1) is 0 Å². The standard InChI is InChI=1S/C27H22N4O2/c1-17-9-10-21(30-26(32)18-6-3-2-4-7-18)15-24(17)29-20-11-12-22-23(14-19-8-5-13-28-19)27(33)31-25(22)16-20/h2-16,28-29H,1H3,(H,30,32)(H,31,33). The molecule has 0 bridgehead atoms. The number of benzene rings is 3. The normalized spacial score (nSPS) is 13.5. The number of aryl methyl sites for hydroxylation is 1. The van der Waals surface area contributed by atoms with Crippen LogP contribution in [0.1, 0.15) is 27.2 Å². The van der Waals surface area contributed by atoms with Gasteiger partial charge in [-0.05, 0) is 67.1 Å². The number of hydrogen-bond acceptors (Lipinski definition) is 3. The number of nitrogens with one attached hydrogen (secondary N) is 4. The van der Waals surface area contributed by atoms with Crippen molar-refractivity contribution in [1.29, 1.82) is 0 Å². The fraction of sp³-hybridized carbons (Fsp3) is 0.0370. The van der Waals surface area contributed by atoms with E-state index in [1.807, 2.05) is 85.9 Å². The van der Waals surface area contributed by atoms with Crippen molar-refractivity contribution in [2.75, 3.05) is 16.0 Å². The molecule has 1 aromatic heterocycles. The third-order valence-corrected chi connectivity index (χ3v) is 5.53. The molecule has 6 nitrogen and oxygen atoms in total. The summed E-state index contributed by atoms with van der Waals surface area (Å²) < 4.78 is 0. The smallest absolute Gasteiger partial charge is 0.256 e. The quantitative estimate of drug-likeness (QED) is 0.299. The monoisotopic (exact) mass is 434 g/mol. The average Bonchev–Trinajstić information content (AvgIpc) is 3.44. The zero-order chi connectivity index (χ0) is 22.8. The molecular formula is C27H22N4O2. The Kier molecular flexibility index (Phi) is 5.24. The molecule has 1 aliphatic rings. The van der Waals surface area contributed by atoms with Crippen molar-refractivity contribution in [2.45, 2.75) is 6.92 Å². The zero-order valence-electron chi connectivity index (χ0n) is 18.0. The van der Waals surface area contributed by atoms with Crippen LogP contribution in [0.2, 0.25) is 0 Å². The third kappa shape index (κ3) is 4.27. The second-order valence-electron chi connectivity index (χ2n) is 7.87. The summed E-state index contributed by atoms with van der Waals surface area (Å²) in [6, 6.07) is 24.4. The van der Waals surface area contributed by atoms with Gasteiger partial charge in [-0.2, -0.15) is 0 Å². The lowest BCUT2D eigenvalue weighted by Gasteiger charge is -2.13. The summed E-state index contributed by atoms with van der Waals surface area (Å²) >= 11 is 0. The van der Waals surface area contributed by atoms with Crippen LogP contribution in [0.4, 0.5) is 22.7 Å². The lowest BCUT2D eigenvalue weighted by Crippen LogP contribution is -2.11. The maximum atomic E-state index is 12.5. The van der Waals surface area contributed by atoms with Crippen molar-refractivity contribution < 1.29 is 9.59 Å². The van der Waals surface area contributed by atoms with E-state index in [4.69, 9.17) is 0 Å². The van der Waals surface area contributed by atoms with Gasteiger partial charge in [0.25, 0.3) is 11.8 Å². The molecule has 33 heavy (non-hydrogen) atoms. The van der Waals surface area contributed by atoms with Crippen molar-refractivity contribution >= 4 is 46.2 Å². The van der Waals surface area contributed by atoms with E-state index in [-0.39, 0.29) is 11.8 Å².